The van der Waals surface area contributed by atoms with Crippen molar-refractivity contribution in [3.63, 3.8) is 0 Å². The Morgan fingerprint density at radius 3 is 2.76 bits per heavy atom. The number of aromatic nitrogens is 2. The van der Waals surface area contributed by atoms with Crippen molar-refractivity contribution in [2.75, 3.05) is 38.2 Å². The highest BCUT2D eigenvalue weighted by Gasteiger charge is 2.33. The zero-order valence-electron chi connectivity index (χ0n) is 14.4. The van der Waals surface area contributed by atoms with Crippen LogP contribution < -0.4 is 9.64 Å². The summed E-state index contributed by atoms with van der Waals surface area (Å²) in [5.41, 5.74) is 2.54. The second-order valence-corrected chi connectivity index (χ2v) is 6.50. The molecular weight excluding hydrogens is 316 g/mol. The number of aryl methyl sites for hydroxylation is 1. The van der Waals surface area contributed by atoms with Gasteiger partial charge in [-0.2, -0.15) is 4.98 Å². The van der Waals surface area contributed by atoms with Crippen molar-refractivity contribution in [2.45, 2.75) is 18.8 Å². The number of anilines is 1. The Balaban J connectivity index is 1.41. The first kappa shape index (κ1) is 15.9. The molecule has 1 atom stereocenters. The van der Waals surface area contributed by atoms with E-state index in [1.54, 1.807) is 19.4 Å². The normalized spacial score (nSPS) is 19.6. The van der Waals surface area contributed by atoms with Crippen LogP contribution in [-0.2, 0) is 11.2 Å². The molecule has 130 valence electrons. The number of benzene rings is 1. The van der Waals surface area contributed by atoms with E-state index in [9.17, 15) is 4.79 Å². The molecule has 1 amide bonds. The molecule has 0 bridgehead atoms. The zero-order chi connectivity index (χ0) is 17.2. The molecule has 1 aliphatic heterocycles. The van der Waals surface area contributed by atoms with Crippen molar-refractivity contribution >= 4 is 11.9 Å². The molecule has 25 heavy (non-hydrogen) atoms. The third kappa shape index (κ3) is 3.04. The Morgan fingerprint density at radius 2 is 1.96 bits per heavy atom. The molecule has 1 saturated heterocycles. The van der Waals surface area contributed by atoms with Crippen LogP contribution in [0.2, 0.25) is 0 Å². The van der Waals surface area contributed by atoms with Gasteiger partial charge in [0, 0.05) is 38.4 Å². The Bertz CT molecular complexity index is 772. The number of fused-ring (bicyclic) bond motifs is 1. The molecule has 2 aliphatic rings. The fraction of sp³-hybridized carbons (Fsp3) is 0.421. The van der Waals surface area contributed by atoms with Crippen molar-refractivity contribution in [3.8, 4) is 5.88 Å². The largest absolute Gasteiger partial charge is 0.481 e. The van der Waals surface area contributed by atoms with Gasteiger partial charge in [-0.1, -0.05) is 24.3 Å². The number of methoxy groups -OCH3 is 1. The predicted octanol–water partition coefficient (Wildman–Crippen LogP) is 1.86. The summed E-state index contributed by atoms with van der Waals surface area (Å²) >= 11 is 0. The fourth-order valence-electron chi connectivity index (χ4n) is 3.76. The van der Waals surface area contributed by atoms with Gasteiger partial charge in [-0.3, -0.25) is 4.79 Å². The molecule has 1 aliphatic carbocycles. The molecule has 1 fully saturated rings. The quantitative estimate of drug-likeness (QED) is 0.855. The molecule has 1 aromatic carbocycles. The van der Waals surface area contributed by atoms with Crippen LogP contribution in [0.15, 0.2) is 36.5 Å². The molecule has 0 unspecified atom stereocenters. The number of rotatable bonds is 3. The summed E-state index contributed by atoms with van der Waals surface area (Å²) < 4.78 is 5.16. The van der Waals surface area contributed by atoms with Crippen LogP contribution in [0.3, 0.4) is 0 Å². The molecule has 0 saturated carbocycles. The van der Waals surface area contributed by atoms with Crippen LogP contribution in [0.5, 0.6) is 5.88 Å². The van der Waals surface area contributed by atoms with E-state index in [1.165, 1.54) is 11.1 Å². The van der Waals surface area contributed by atoms with E-state index in [2.05, 4.69) is 33.1 Å². The first-order chi connectivity index (χ1) is 12.3. The van der Waals surface area contributed by atoms with Gasteiger partial charge in [-0.05, 0) is 24.0 Å². The lowest BCUT2D eigenvalue weighted by Crippen LogP contribution is -2.50. The van der Waals surface area contributed by atoms with Crippen molar-refractivity contribution in [1.82, 2.24) is 14.9 Å². The van der Waals surface area contributed by atoms with E-state index < -0.39 is 0 Å². The summed E-state index contributed by atoms with van der Waals surface area (Å²) in [4.78, 5) is 25.8. The minimum absolute atomic E-state index is 0.0239. The topological polar surface area (TPSA) is 58.6 Å². The Morgan fingerprint density at radius 1 is 1.16 bits per heavy atom. The maximum Gasteiger partial charge on any atom is 0.230 e. The van der Waals surface area contributed by atoms with E-state index in [4.69, 9.17) is 4.74 Å². The maximum atomic E-state index is 13.0. The van der Waals surface area contributed by atoms with Gasteiger partial charge < -0.3 is 14.5 Å². The summed E-state index contributed by atoms with van der Waals surface area (Å²) in [6.45, 7) is 2.90. The fourth-order valence-corrected chi connectivity index (χ4v) is 3.76. The van der Waals surface area contributed by atoms with E-state index in [-0.39, 0.29) is 11.8 Å². The van der Waals surface area contributed by atoms with Crippen LogP contribution in [-0.4, -0.2) is 54.1 Å². The van der Waals surface area contributed by atoms with Gasteiger partial charge in [-0.15, -0.1) is 0 Å². The van der Waals surface area contributed by atoms with Crippen LogP contribution >= 0.6 is 0 Å². The highest BCUT2D eigenvalue weighted by Crippen LogP contribution is 2.34. The molecule has 0 radical (unpaired) electrons. The van der Waals surface area contributed by atoms with Crippen molar-refractivity contribution in [1.29, 1.82) is 0 Å². The third-order valence-electron chi connectivity index (χ3n) is 5.13. The second-order valence-electron chi connectivity index (χ2n) is 6.50. The standard InChI is InChI=1S/C19H22N4O2/c1-25-17-8-9-20-19(21-17)23-12-10-22(11-13-23)18(24)16-7-6-14-4-2-3-5-15(14)16/h2-5,8-9,16H,6-7,10-13H2,1H3/t16-/m1/s1. The van der Waals surface area contributed by atoms with Gasteiger partial charge in [0.1, 0.15) is 0 Å². The molecule has 0 spiro atoms. The summed E-state index contributed by atoms with van der Waals surface area (Å²) in [5, 5.41) is 0. The van der Waals surface area contributed by atoms with Crippen molar-refractivity contribution in [2.24, 2.45) is 0 Å². The number of piperazine rings is 1. The molecule has 2 heterocycles. The van der Waals surface area contributed by atoms with Gasteiger partial charge in [0.2, 0.25) is 17.7 Å². The second kappa shape index (κ2) is 6.70. The van der Waals surface area contributed by atoms with Gasteiger partial charge in [0.25, 0.3) is 0 Å². The maximum absolute atomic E-state index is 13.0. The molecule has 6 heteroatoms. The van der Waals surface area contributed by atoms with Crippen LogP contribution in [0.4, 0.5) is 5.95 Å². The van der Waals surface area contributed by atoms with E-state index in [0.29, 0.717) is 24.9 Å². The lowest BCUT2D eigenvalue weighted by molar-refractivity contribution is -0.133. The summed E-state index contributed by atoms with van der Waals surface area (Å²) in [6, 6.07) is 10.1. The monoisotopic (exact) mass is 338 g/mol. The first-order valence-corrected chi connectivity index (χ1v) is 8.75. The predicted molar refractivity (Wildman–Crippen MR) is 94.9 cm³/mol. The first-order valence-electron chi connectivity index (χ1n) is 8.75. The summed E-state index contributed by atoms with van der Waals surface area (Å²) in [7, 11) is 1.60. The summed E-state index contributed by atoms with van der Waals surface area (Å²) in [5.74, 6) is 1.51. The zero-order valence-corrected chi connectivity index (χ0v) is 14.4. The van der Waals surface area contributed by atoms with Crippen LogP contribution in [0.1, 0.15) is 23.5 Å². The molecule has 2 aromatic rings. The van der Waals surface area contributed by atoms with Gasteiger partial charge in [0.15, 0.2) is 0 Å². The lowest BCUT2D eigenvalue weighted by Gasteiger charge is -2.36. The molecular formula is C19H22N4O2. The van der Waals surface area contributed by atoms with E-state index in [0.717, 1.165) is 25.9 Å². The highest BCUT2D eigenvalue weighted by atomic mass is 16.5. The number of carbonyl (C=O) groups is 1. The minimum Gasteiger partial charge on any atom is -0.481 e. The average Bonchev–Trinajstić information content (AvgIpc) is 3.12. The van der Waals surface area contributed by atoms with Gasteiger partial charge in [0.05, 0.1) is 13.0 Å². The Labute approximate surface area is 147 Å². The third-order valence-corrected chi connectivity index (χ3v) is 5.13. The number of amides is 1. The molecule has 4 rings (SSSR count). The van der Waals surface area contributed by atoms with E-state index in [1.807, 2.05) is 11.0 Å². The number of hydrogen-bond acceptors (Lipinski definition) is 5. The molecule has 6 nitrogen and oxygen atoms in total. The Hall–Kier alpha value is -2.63. The van der Waals surface area contributed by atoms with Gasteiger partial charge >= 0.3 is 0 Å². The summed E-state index contributed by atoms with van der Waals surface area (Å²) in [6.07, 6.45) is 3.63. The minimum atomic E-state index is 0.0239. The van der Waals surface area contributed by atoms with Crippen molar-refractivity contribution in [3.05, 3.63) is 47.7 Å². The smallest absolute Gasteiger partial charge is 0.230 e. The SMILES string of the molecule is COc1ccnc(N2CCN(C(=O)[C@@H]3CCc4ccccc43)CC2)n1. The number of nitrogens with zero attached hydrogens (tertiary/aromatic N) is 4. The van der Waals surface area contributed by atoms with Crippen LogP contribution in [0, 0.1) is 0 Å². The Kier molecular flexibility index (Phi) is 4.26. The van der Waals surface area contributed by atoms with E-state index >= 15 is 0 Å². The molecule has 0 N–H and O–H groups in total. The van der Waals surface area contributed by atoms with Crippen LogP contribution in [0.25, 0.3) is 0 Å². The van der Waals surface area contributed by atoms with Crippen molar-refractivity contribution < 1.29 is 9.53 Å². The number of hydrogen-bond donors (Lipinski definition) is 0. The average molecular weight is 338 g/mol. The number of carbonyl (C=O) groups excluding carboxylic acids is 1. The number of ether oxygens (including phenoxy) is 1. The van der Waals surface area contributed by atoms with Gasteiger partial charge in [-0.25, -0.2) is 4.98 Å². The lowest BCUT2D eigenvalue weighted by atomic mass is 9.99. The molecule has 1 aromatic heterocycles. The highest BCUT2D eigenvalue weighted by molar-refractivity contribution is 5.85.